The fourth-order valence-electron chi connectivity index (χ4n) is 2.12. The van der Waals surface area contributed by atoms with E-state index in [0.29, 0.717) is 11.5 Å². The molecule has 21 heavy (non-hydrogen) atoms. The van der Waals surface area contributed by atoms with E-state index in [1.807, 2.05) is 24.3 Å². The van der Waals surface area contributed by atoms with Gasteiger partial charge in [-0.3, -0.25) is 0 Å². The van der Waals surface area contributed by atoms with Crippen molar-refractivity contribution >= 4 is 11.6 Å². The average Bonchev–Trinajstić information content (AvgIpc) is 2.46. The molecule has 2 aromatic carbocycles. The highest BCUT2D eigenvalue weighted by Crippen LogP contribution is 2.36. The Kier molecular flexibility index (Phi) is 5.18. The van der Waals surface area contributed by atoms with Gasteiger partial charge in [-0.2, -0.15) is 8.78 Å². The molecule has 1 atom stereocenters. The molecule has 0 saturated heterocycles. The lowest BCUT2D eigenvalue weighted by atomic mass is 9.98. The smallest absolute Gasteiger partial charge is 0.387 e. The molecule has 4 heteroatoms. The van der Waals surface area contributed by atoms with Crippen LogP contribution in [-0.4, -0.2) is 6.61 Å². The highest BCUT2D eigenvalue weighted by Gasteiger charge is 2.17. The van der Waals surface area contributed by atoms with Crippen LogP contribution in [0.25, 0.3) is 0 Å². The Morgan fingerprint density at radius 2 is 1.48 bits per heavy atom. The second kappa shape index (κ2) is 6.90. The van der Waals surface area contributed by atoms with Gasteiger partial charge in [0.25, 0.3) is 0 Å². The molecule has 0 aliphatic carbocycles. The lowest BCUT2D eigenvalue weighted by Gasteiger charge is -2.16. The monoisotopic (exact) mass is 310 g/mol. The van der Waals surface area contributed by atoms with E-state index < -0.39 is 12.0 Å². The molecule has 0 spiro atoms. The molecular weight excluding hydrogens is 294 g/mol. The normalized spacial score (nSPS) is 12.7. The molecule has 112 valence electrons. The van der Waals surface area contributed by atoms with E-state index in [4.69, 9.17) is 11.6 Å². The van der Waals surface area contributed by atoms with Crippen LogP contribution in [0.2, 0.25) is 0 Å². The SMILES string of the molecule is CC(C)c1ccc(C(Cl)c2ccccc2OC(F)F)cc1. The molecule has 0 N–H and O–H groups in total. The van der Waals surface area contributed by atoms with Crippen LogP contribution < -0.4 is 4.74 Å². The number of hydrogen-bond donors (Lipinski definition) is 0. The van der Waals surface area contributed by atoms with E-state index in [1.54, 1.807) is 18.2 Å². The summed E-state index contributed by atoms with van der Waals surface area (Å²) in [5.41, 5.74) is 2.60. The Hall–Kier alpha value is -1.61. The van der Waals surface area contributed by atoms with Gasteiger partial charge in [0.1, 0.15) is 5.75 Å². The van der Waals surface area contributed by atoms with E-state index in [2.05, 4.69) is 18.6 Å². The van der Waals surface area contributed by atoms with Crippen molar-refractivity contribution in [1.29, 1.82) is 0 Å². The van der Waals surface area contributed by atoms with Gasteiger partial charge in [0.2, 0.25) is 0 Å². The van der Waals surface area contributed by atoms with E-state index in [0.717, 1.165) is 5.56 Å². The molecule has 0 aliphatic rings. The number of hydrogen-bond acceptors (Lipinski definition) is 1. The van der Waals surface area contributed by atoms with E-state index >= 15 is 0 Å². The fourth-order valence-corrected chi connectivity index (χ4v) is 2.45. The van der Waals surface area contributed by atoms with Crippen molar-refractivity contribution in [2.75, 3.05) is 0 Å². The predicted octanol–water partition coefficient (Wildman–Crippen LogP) is 5.74. The summed E-state index contributed by atoms with van der Waals surface area (Å²) in [6, 6.07) is 14.5. The van der Waals surface area contributed by atoms with Crippen LogP contribution in [0.5, 0.6) is 5.75 Å². The van der Waals surface area contributed by atoms with Gasteiger partial charge in [0.05, 0.1) is 5.38 Å². The first-order chi connectivity index (χ1) is 9.99. The summed E-state index contributed by atoms with van der Waals surface area (Å²) in [5.74, 6) is 0.544. The van der Waals surface area contributed by atoms with Crippen LogP contribution in [0.4, 0.5) is 8.78 Å². The first-order valence-electron chi connectivity index (χ1n) is 6.76. The zero-order chi connectivity index (χ0) is 15.4. The van der Waals surface area contributed by atoms with Crippen molar-refractivity contribution in [1.82, 2.24) is 0 Å². The van der Waals surface area contributed by atoms with E-state index in [1.165, 1.54) is 11.6 Å². The quantitative estimate of drug-likeness (QED) is 0.640. The molecule has 0 aromatic heterocycles. The predicted molar refractivity (Wildman–Crippen MR) is 81.3 cm³/mol. The molecule has 2 rings (SSSR count). The minimum Gasteiger partial charge on any atom is -0.434 e. The van der Waals surface area contributed by atoms with Crippen molar-refractivity contribution in [2.45, 2.75) is 31.8 Å². The number of halogens is 3. The Labute approximate surface area is 128 Å². The molecule has 0 radical (unpaired) electrons. The van der Waals surface area contributed by atoms with Gasteiger partial charge >= 0.3 is 6.61 Å². The lowest BCUT2D eigenvalue weighted by Crippen LogP contribution is -2.06. The number of para-hydroxylation sites is 1. The second-order valence-corrected chi connectivity index (χ2v) is 5.54. The number of rotatable bonds is 5. The van der Waals surface area contributed by atoms with Crippen molar-refractivity contribution in [3.05, 3.63) is 65.2 Å². The molecule has 0 fully saturated rings. The summed E-state index contributed by atoms with van der Waals surface area (Å²) in [4.78, 5) is 0. The zero-order valence-electron chi connectivity index (χ0n) is 11.9. The first-order valence-corrected chi connectivity index (χ1v) is 7.20. The van der Waals surface area contributed by atoms with Gasteiger partial charge in [0, 0.05) is 5.56 Å². The zero-order valence-corrected chi connectivity index (χ0v) is 12.6. The van der Waals surface area contributed by atoms with Crippen molar-refractivity contribution in [3.8, 4) is 5.75 Å². The third-order valence-electron chi connectivity index (χ3n) is 3.30. The Morgan fingerprint density at radius 3 is 2.05 bits per heavy atom. The topological polar surface area (TPSA) is 9.23 Å². The Bertz CT molecular complexity index is 582. The minimum atomic E-state index is -2.86. The summed E-state index contributed by atoms with van der Waals surface area (Å²) < 4.78 is 29.4. The molecular formula is C17H17ClF2O. The lowest BCUT2D eigenvalue weighted by molar-refractivity contribution is -0.0504. The van der Waals surface area contributed by atoms with Gasteiger partial charge in [-0.05, 0) is 23.1 Å². The van der Waals surface area contributed by atoms with Crippen molar-refractivity contribution < 1.29 is 13.5 Å². The Morgan fingerprint density at radius 1 is 0.905 bits per heavy atom. The average molecular weight is 311 g/mol. The number of alkyl halides is 3. The molecule has 0 amide bonds. The molecule has 0 aliphatic heterocycles. The van der Waals surface area contributed by atoms with Crippen LogP contribution in [0, 0.1) is 0 Å². The largest absolute Gasteiger partial charge is 0.434 e. The maximum Gasteiger partial charge on any atom is 0.387 e. The van der Waals surface area contributed by atoms with E-state index in [-0.39, 0.29) is 5.75 Å². The summed E-state index contributed by atoms with van der Waals surface area (Å²) in [6.07, 6.45) is 0. The van der Waals surface area contributed by atoms with Gasteiger partial charge in [-0.15, -0.1) is 11.6 Å². The molecule has 0 bridgehead atoms. The highest BCUT2D eigenvalue weighted by molar-refractivity contribution is 6.22. The summed E-state index contributed by atoms with van der Waals surface area (Å²) >= 11 is 6.43. The summed E-state index contributed by atoms with van der Waals surface area (Å²) in [7, 11) is 0. The minimum absolute atomic E-state index is 0.112. The van der Waals surface area contributed by atoms with Crippen LogP contribution in [0.1, 0.15) is 41.8 Å². The molecule has 0 heterocycles. The van der Waals surface area contributed by atoms with Gasteiger partial charge in [0.15, 0.2) is 0 Å². The van der Waals surface area contributed by atoms with Crippen LogP contribution >= 0.6 is 11.6 Å². The maximum absolute atomic E-state index is 12.4. The van der Waals surface area contributed by atoms with Crippen molar-refractivity contribution in [3.63, 3.8) is 0 Å². The third-order valence-corrected chi connectivity index (χ3v) is 3.79. The summed E-state index contributed by atoms with van der Waals surface area (Å²) in [6.45, 7) is 1.36. The first kappa shape index (κ1) is 15.8. The molecule has 1 unspecified atom stereocenters. The Balaban J connectivity index is 2.29. The van der Waals surface area contributed by atoms with Crippen LogP contribution in [0.15, 0.2) is 48.5 Å². The number of benzene rings is 2. The number of ether oxygens (including phenoxy) is 1. The summed E-state index contributed by atoms with van der Waals surface area (Å²) in [5, 5.41) is -0.527. The van der Waals surface area contributed by atoms with E-state index in [9.17, 15) is 8.78 Å². The third kappa shape index (κ3) is 3.94. The van der Waals surface area contributed by atoms with Gasteiger partial charge < -0.3 is 4.74 Å². The van der Waals surface area contributed by atoms with Gasteiger partial charge in [-0.1, -0.05) is 56.3 Å². The van der Waals surface area contributed by atoms with Gasteiger partial charge in [-0.25, -0.2) is 0 Å². The van der Waals surface area contributed by atoms with Crippen molar-refractivity contribution in [2.24, 2.45) is 0 Å². The molecule has 1 nitrogen and oxygen atoms in total. The molecule has 2 aromatic rings. The second-order valence-electron chi connectivity index (χ2n) is 5.10. The van der Waals surface area contributed by atoms with Crippen LogP contribution in [-0.2, 0) is 0 Å². The van der Waals surface area contributed by atoms with Crippen LogP contribution in [0.3, 0.4) is 0 Å². The standard InChI is InChI=1S/C17H17ClF2O/c1-11(2)12-7-9-13(10-8-12)16(18)14-5-3-4-6-15(14)21-17(19)20/h3-11,16-17H,1-2H3. The molecule has 0 saturated carbocycles. The highest BCUT2D eigenvalue weighted by atomic mass is 35.5. The fraction of sp³-hybridized carbons (Fsp3) is 0.294. The maximum atomic E-state index is 12.4.